The van der Waals surface area contributed by atoms with Crippen LogP contribution in [-0.2, 0) is 0 Å². The van der Waals surface area contributed by atoms with Crippen molar-refractivity contribution in [2.24, 2.45) is 0 Å². The maximum absolute atomic E-state index is 12.4. The van der Waals surface area contributed by atoms with E-state index in [1.165, 1.54) is 12.8 Å². The van der Waals surface area contributed by atoms with E-state index in [2.05, 4.69) is 6.92 Å². The second-order valence-electron chi connectivity index (χ2n) is 7.04. The lowest BCUT2D eigenvalue weighted by Crippen LogP contribution is -2.09. The largest absolute Gasteiger partial charge is 0.494 e. The van der Waals surface area contributed by atoms with Gasteiger partial charge in [0.2, 0.25) is 0 Å². The van der Waals surface area contributed by atoms with E-state index in [-0.39, 0.29) is 5.78 Å². The lowest BCUT2D eigenvalue weighted by molar-refractivity contribution is 0.0734. The summed E-state index contributed by atoms with van der Waals surface area (Å²) in [4.78, 5) is 24.8. The number of esters is 1. The summed E-state index contributed by atoms with van der Waals surface area (Å²) in [5, 5.41) is 0. The van der Waals surface area contributed by atoms with Gasteiger partial charge in [0.25, 0.3) is 0 Å². The van der Waals surface area contributed by atoms with Crippen LogP contribution < -0.4 is 9.47 Å². The van der Waals surface area contributed by atoms with Crippen LogP contribution in [0.2, 0.25) is 0 Å². The molecule has 0 atom stereocenters. The first-order chi connectivity index (χ1) is 14.7. The summed E-state index contributed by atoms with van der Waals surface area (Å²) in [6, 6.07) is 22.6. The van der Waals surface area contributed by atoms with Crippen molar-refractivity contribution in [2.75, 3.05) is 6.61 Å². The van der Waals surface area contributed by atoms with Crippen LogP contribution >= 0.6 is 0 Å². The van der Waals surface area contributed by atoms with Gasteiger partial charge in [-0.05, 0) is 55.0 Å². The Labute approximate surface area is 177 Å². The monoisotopic (exact) mass is 402 g/mol. The van der Waals surface area contributed by atoms with Crippen LogP contribution in [0, 0.1) is 0 Å². The van der Waals surface area contributed by atoms with Crippen LogP contribution in [0.1, 0.15) is 58.9 Å². The van der Waals surface area contributed by atoms with Gasteiger partial charge in [0.05, 0.1) is 12.2 Å². The first kappa shape index (κ1) is 21.3. The molecule has 0 saturated carbocycles. The molecular formula is C26H26O4. The third-order valence-corrected chi connectivity index (χ3v) is 4.72. The van der Waals surface area contributed by atoms with Gasteiger partial charge in [0.15, 0.2) is 5.78 Å². The molecule has 4 heteroatoms. The van der Waals surface area contributed by atoms with Crippen molar-refractivity contribution in [3.8, 4) is 11.5 Å². The van der Waals surface area contributed by atoms with Crippen molar-refractivity contribution >= 4 is 11.8 Å². The smallest absolute Gasteiger partial charge is 0.343 e. The number of ketones is 1. The summed E-state index contributed by atoms with van der Waals surface area (Å²) in [5.74, 6) is 0.609. The molecule has 0 amide bonds. The maximum Gasteiger partial charge on any atom is 0.343 e. The van der Waals surface area contributed by atoms with Crippen molar-refractivity contribution in [1.29, 1.82) is 0 Å². The molecule has 0 heterocycles. The van der Waals surface area contributed by atoms with Gasteiger partial charge in [0, 0.05) is 11.1 Å². The molecule has 0 aliphatic rings. The molecule has 0 saturated heterocycles. The van der Waals surface area contributed by atoms with Crippen LogP contribution in [0.15, 0.2) is 78.9 Å². The van der Waals surface area contributed by atoms with Gasteiger partial charge in [-0.3, -0.25) is 4.79 Å². The zero-order valence-electron chi connectivity index (χ0n) is 17.2. The highest BCUT2D eigenvalue weighted by atomic mass is 16.5. The number of carbonyl (C=O) groups excluding carboxylic acids is 2. The molecule has 0 spiro atoms. The van der Waals surface area contributed by atoms with Crippen molar-refractivity contribution in [1.82, 2.24) is 0 Å². The van der Waals surface area contributed by atoms with Gasteiger partial charge in [-0.25, -0.2) is 4.79 Å². The van der Waals surface area contributed by atoms with Crippen molar-refractivity contribution in [3.63, 3.8) is 0 Å². The molecule has 154 valence electrons. The lowest BCUT2D eigenvalue weighted by Gasteiger charge is -2.08. The van der Waals surface area contributed by atoms with E-state index in [9.17, 15) is 9.59 Å². The average molecular weight is 402 g/mol. The highest BCUT2D eigenvalue weighted by Gasteiger charge is 2.11. The number of unbranched alkanes of at least 4 members (excludes halogenated alkanes) is 3. The molecule has 0 bridgehead atoms. The minimum Gasteiger partial charge on any atom is -0.494 e. The number of ether oxygens (including phenoxy) is 2. The van der Waals surface area contributed by atoms with Crippen molar-refractivity contribution in [3.05, 3.63) is 95.6 Å². The van der Waals surface area contributed by atoms with Crippen molar-refractivity contribution in [2.45, 2.75) is 32.6 Å². The summed E-state index contributed by atoms with van der Waals surface area (Å²) in [5.41, 5.74) is 1.61. The molecule has 0 aliphatic carbocycles. The van der Waals surface area contributed by atoms with Crippen LogP contribution in [0.5, 0.6) is 11.5 Å². The second kappa shape index (κ2) is 11.0. The highest BCUT2D eigenvalue weighted by Crippen LogP contribution is 2.18. The Morgan fingerprint density at radius 2 is 1.27 bits per heavy atom. The Bertz CT molecular complexity index is 945. The number of hydrogen-bond donors (Lipinski definition) is 0. The molecule has 0 N–H and O–H groups in total. The Kier molecular flexibility index (Phi) is 7.78. The fourth-order valence-electron chi connectivity index (χ4n) is 3.00. The minimum atomic E-state index is -0.452. The average Bonchev–Trinajstić information content (AvgIpc) is 2.80. The second-order valence-corrected chi connectivity index (χ2v) is 7.04. The Morgan fingerprint density at radius 1 is 0.667 bits per heavy atom. The summed E-state index contributed by atoms with van der Waals surface area (Å²) >= 11 is 0. The van der Waals surface area contributed by atoms with E-state index in [0.717, 1.165) is 18.6 Å². The maximum atomic E-state index is 12.4. The topological polar surface area (TPSA) is 52.6 Å². The Balaban J connectivity index is 1.53. The van der Waals surface area contributed by atoms with Crippen LogP contribution in [0.4, 0.5) is 0 Å². The number of rotatable bonds is 10. The molecule has 4 nitrogen and oxygen atoms in total. The van der Waals surface area contributed by atoms with Gasteiger partial charge in [-0.1, -0.05) is 56.5 Å². The molecule has 0 aromatic heterocycles. The summed E-state index contributed by atoms with van der Waals surface area (Å²) < 4.78 is 11.1. The van der Waals surface area contributed by atoms with Crippen molar-refractivity contribution < 1.29 is 19.1 Å². The highest BCUT2D eigenvalue weighted by molar-refractivity contribution is 6.09. The summed E-state index contributed by atoms with van der Waals surface area (Å²) in [6.45, 7) is 2.86. The predicted molar refractivity (Wildman–Crippen MR) is 117 cm³/mol. The minimum absolute atomic E-state index is 0.0706. The standard InChI is InChI=1S/C26H26O4/c1-2-3-4-8-19-29-23-15-13-22(14-16-23)26(28)30-24-17-11-21(12-18-24)25(27)20-9-6-5-7-10-20/h5-7,9-18H,2-4,8,19H2,1H3. The van der Waals surface area contributed by atoms with E-state index >= 15 is 0 Å². The Hall–Kier alpha value is -3.40. The van der Waals surface area contributed by atoms with Crippen LogP contribution in [-0.4, -0.2) is 18.4 Å². The number of carbonyl (C=O) groups is 2. The third-order valence-electron chi connectivity index (χ3n) is 4.72. The van der Waals surface area contributed by atoms with E-state index < -0.39 is 5.97 Å². The fraction of sp³-hybridized carbons (Fsp3) is 0.231. The SMILES string of the molecule is CCCCCCOc1ccc(C(=O)Oc2ccc(C(=O)c3ccccc3)cc2)cc1. The molecule has 30 heavy (non-hydrogen) atoms. The quantitative estimate of drug-likeness (QED) is 0.178. The number of hydrogen-bond acceptors (Lipinski definition) is 4. The Morgan fingerprint density at radius 3 is 1.93 bits per heavy atom. The van der Waals surface area contributed by atoms with E-state index in [4.69, 9.17) is 9.47 Å². The van der Waals surface area contributed by atoms with Gasteiger partial charge >= 0.3 is 5.97 Å². The molecule has 0 aliphatic heterocycles. The molecule has 3 rings (SSSR count). The van der Waals surface area contributed by atoms with Gasteiger partial charge in [-0.15, -0.1) is 0 Å². The van der Waals surface area contributed by atoms with E-state index in [1.54, 1.807) is 60.7 Å². The van der Waals surface area contributed by atoms with Crippen LogP contribution in [0.3, 0.4) is 0 Å². The molecule has 3 aromatic rings. The first-order valence-corrected chi connectivity index (χ1v) is 10.3. The molecular weight excluding hydrogens is 376 g/mol. The predicted octanol–water partition coefficient (Wildman–Crippen LogP) is 6.10. The summed E-state index contributed by atoms with van der Waals surface area (Å²) in [6.07, 6.45) is 4.61. The number of benzene rings is 3. The molecule has 3 aromatic carbocycles. The van der Waals surface area contributed by atoms with E-state index in [1.807, 2.05) is 18.2 Å². The molecule has 0 radical (unpaired) electrons. The zero-order valence-corrected chi connectivity index (χ0v) is 17.2. The summed E-state index contributed by atoms with van der Waals surface area (Å²) in [7, 11) is 0. The molecule has 0 unspecified atom stereocenters. The first-order valence-electron chi connectivity index (χ1n) is 10.3. The van der Waals surface area contributed by atoms with Gasteiger partial charge < -0.3 is 9.47 Å². The van der Waals surface area contributed by atoms with Gasteiger partial charge in [-0.2, -0.15) is 0 Å². The molecule has 0 fully saturated rings. The third kappa shape index (κ3) is 6.05. The van der Waals surface area contributed by atoms with Gasteiger partial charge in [0.1, 0.15) is 11.5 Å². The normalized spacial score (nSPS) is 10.4. The lowest BCUT2D eigenvalue weighted by atomic mass is 10.0. The van der Waals surface area contributed by atoms with E-state index in [0.29, 0.717) is 29.0 Å². The zero-order chi connectivity index (χ0) is 21.2. The fourth-order valence-corrected chi connectivity index (χ4v) is 3.00. The van der Waals surface area contributed by atoms with Crippen LogP contribution in [0.25, 0.3) is 0 Å².